The molecule has 1 amide bonds. The van der Waals surface area contributed by atoms with E-state index in [1.54, 1.807) is 24.1 Å². The third kappa shape index (κ3) is 7.89. The van der Waals surface area contributed by atoms with Gasteiger partial charge in [-0.2, -0.15) is 4.31 Å². The number of anilines is 1. The molecule has 0 unspecified atom stereocenters. The van der Waals surface area contributed by atoms with Crippen LogP contribution in [0.5, 0.6) is 5.75 Å². The number of carbonyl (C=O) groups is 1. The second-order valence-electron chi connectivity index (χ2n) is 10.2. The lowest BCUT2D eigenvalue weighted by Gasteiger charge is -2.26. The van der Waals surface area contributed by atoms with Crippen molar-refractivity contribution < 1.29 is 17.9 Å². The fraction of sp³-hybridized carbons (Fsp3) is 0.481. The van der Waals surface area contributed by atoms with Crippen molar-refractivity contribution in [1.82, 2.24) is 14.2 Å². The predicted octanol–water partition coefficient (Wildman–Crippen LogP) is 5.24. The number of nitrogens with zero attached hydrogens (tertiary/aromatic N) is 4. The normalized spacial score (nSPS) is 12.0. The molecular formula is C27H39ClN4O4S2. The molecule has 0 spiro atoms. The Morgan fingerprint density at radius 3 is 2.11 bits per heavy atom. The quantitative estimate of drug-likeness (QED) is 0.290. The average Bonchev–Trinajstić information content (AvgIpc) is 3.25. The zero-order valence-corrected chi connectivity index (χ0v) is 25.6. The Labute approximate surface area is 237 Å². The van der Waals surface area contributed by atoms with E-state index in [0.29, 0.717) is 36.9 Å². The van der Waals surface area contributed by atoms with Gasteiger partial charge in [-0.15, -0.1) is 12.4 Å². The highest BCUT2D eigenvalue weighted by molar-refractivity contribution is 7.89. The molecular weight excluding hydrogens is 544 g/mol. The molecule has 38 heavy (non-hydrogen) atoms. The lowest BCUT2D eigenvalue weighted by molar-refractivity contribution is 0.0985. The van der Waals surface area contributed by atoms with Gasteiger partial charge in [0.25, 0.3) is 5.91 Å². The molecule has 210 valence electrons. The summed E-state index contributed by atoms with van der Waals surface area (Å²) in [6.07, 6.45) is 0. The maximum Gasteiger partial charge on any atom is 0.260 e. The number of fused-ring (bicyclic) bond motifs is 1. The van der Waals surface area contributed by atoms with Crippen molar-refractivity contribution in [2.75, 3.05) is 52.3 Å². The van der Waals surface area contributed by atoms with E-state index in [1.165, 1.54) is 27.8 Å². The van der Waals surface area contributed by atoms with Crippen molar-refractivity contribution in [2.24, 2.45) is 11.8 Å². The van der Waals surface area contributed by atoms with Gasteiger partial charge >= 0.3 is 0 Å². The van der Waals surface area contributed by atoms with Crippen LogP contribution in [-0.4, -0.2) is 75.9 Å². The number of benzene rings is 2. The predicted molar refractivity (Wildman–Crippen MR) is 159 cm³/mol. The van der Waals surface area contributed by atoms with Crippen LogP contribution in [0.15, 0.2) is 47.4 Å². The van der Waals surface area contributed by atoms with Crippen LogP contribution in [0.1, 0.15) is 38.1 Å². The Kier molecular flexibility index (Phi) is 11.5. The van der Waals surface area contributed by atoms with Gasteiger partial charge in [-0.1, -0.05) is 39.0 Å². The van der Waals surface area contributed by atoms with Crippen LogP contribution in [0.2, 0.25) is 0 Å². The van der Waals surface area contributed by atoms with E-state index in [-0.39, 0.29) is 35.0 Å². The number of ether oxygens (including phenoxy) is 1. The third-order valence-corrected chi connectivity index (χ3v) is 8.59. The van der Waals surface area contributed by atoms with Crippen LogP contribution in [0.3, 0.4) is 0 Å². The monoisotopic (exact) mass is 582 g/mol. The van der Waals surface area contributed by atoms with Crippen LogP contribution < -0.4 is 9.64 Å². The number of amides is 1. The number of sulfonamides is 1. The zero-order valence-electron chi connectivity index (χ0n) is 23.2. The van der Waals surface area contributed by atoms with Crippen molar-refractivity contribution in [3.8, 4) is 5.75 Å². The Morgan fingerprint density at radius 1 is 0.974 bits per heavy atom. The van der Waals surface area contributed by atoms with E-state index in [1.807, 2.05) is 64.9 Å². The third-order valence-electron chi connectivity index (χ3n) is 5.71. The Morgan fingerprint density at radius 2 is 1.58 bits per heavy atom. The topological polar surface area (TPSA) is 83.0 Å². The van der Waals surface area contributed by atoms with E-state index >= 15 is 0 Å². The molecule has 1 heterocycles. The van der Waals surface area contributed by atoms with Crippen molar-refractivity contribution in [1.29, 1.82) is 0 Å². The molecule has 1 aromatic heterocycles. The SMILES string of the molecule is COc1ccc2nc(N(CCN(C)C)C(=O)c3ccc(S(=O)(=O)N(CC(C)C)CC(C)C)cc3)sc2c1.Cl. The first-order valence-electron chi connectivity index (χ1n) is 12.4. The van der Waals surface area contributed by atoms with Gasteiger partial charge in [0.05, 0.1) is 22.2 Å². The van der Waals surface area contributed by atoms with Crippen molar-refractivity contribution >= 4 is 55.0 Å². The highest BCUT2D eigenvalue weighted by Crippen LogP contribution is 2.32. The summed E-state index contributed by atoms with van der Waals surface area (Å²) < 4.78 is 34.5. The summed E-state index contributed by atoms with van der Waals surface area (Å²) in [4.78, 5) is 22.2. The van der Waals surface area contributed by atoms with E-state index in [2.05, 4.69) is 0 Å². The fourth-order valence-corrected chi connectivity index (χ4v) is 6.66. The molecule has 2 aromatic carbocycles. The van der Waals surface area contributed by atoms with Crippen molar-refractivity contribution in [2.45, 2.75) is 32.6 Å². The molecule has 0 atom stereocenters. The number of rotatable bonds is 12. The number of hydrogen-bond acceptors (Lipinski definition) is 7. The molecule has 0 aliphatic carbocycles. The van der Waals surface area contributed by atoms with E-state index < -0.39 is 10.0 Å². The smallest absolute Gasteiger partial charge is 0.260 e. The maximum absolute atomic E-state index is 13.6. The van der Waals surface area contributed by atoms with Gasteiger partial charge in [0.1, 0.15) is 5.75 Å². The lowest BCUT2D eigenvalue weighted by atomic mass is 10.2. The summed E-state index contributed by atoms with van der Waals surface area (Å²) in [5, 5.41) is 0.590. The minimum Gasteiger partial charge on any atom is -0.497 e. The van der Waals surface area contributed by atoms with Crippen molar-refractivity contribution in [3.63, 3.8) is 0 Å². The average molecular weight is 583 g/mol. The molecule has 8 nitrogen and oxygen atoms in total. The van der Waals surface area contributed by atoms with E-state index in [0.717, 1.165) is 16.0 Å². The fourth-order valence-electron chi connectivity index (χ4n) is 3.88. The van der Waals surface area contributed by atoms with Gasteiger partial charge in [-0.25, -0.2) is 13.4 Å². The van der Waals surface area contributed by atoms with Crippen LogP contribution in [-0.2, 0) is 10.0 Å². The second-order valence-corrected chi connectivity index (χ2v) is 13.2. The molecule has 0 aliphatic rings. The zero-order chi connectivity index (χ0) is 27.3. The van der Waals surface area contributed by atoms with Gasteiger partial charge in [0, 0.05) is 31.7 Å². The number of hydrogen-bond donors (Lipinski definition) is 0. The first-order valence-corrected chi connectivity index (χ1v) is 14.7. The molecule has 0 fully saturated rings. The Balaban J connectivity index is 0.00000507. The number of methoxy groups -OCH3 is 1. The first kappa shape index (κ1) is 32.0. The lowest BCUT2D eigenvalue weighted by Crippen LogP contribution is -2.37. The Hall–Kier alpha value is -2.24. The van der Waals surface area contributed by atoms with Crippen LogP contribution in [0.4, 0.5) is 5.13 Å². The van der Waals surface area contributed by atoms with Crippen LogP contribution >= 0.6 is 23.7 Å². The van der Waals surface area contributed by atoms with Crippen LogP contribution in [0, 0.1) is 11.8 Å². The summed E-state index contributed by atoms with van der Waals surface area (Å²) in [7, 11) is 1.84. The molecule has 3 rings (SSSR count). The molecule has 0 saturated carbocycles. The van der Waals surface area contributed by atoms with Crippen molar-refractivity contribution in [3.05, 3.63) is 48.0 Å². The highest BCUT2D eigenvalue weighted by Gasteiger charge is 2.27. The molecule has 11 heteroatoms. The first-order chi connectivity index (χ1) is 17.4. The van der Waals surface area contributed by atoms with Gasteiger partial charge in [-0.3, -0.25) is 9.69 Å². The summed E-state index contributed by atoms with van der Waals surface area (Å²) >= 11 is 1.43. The van der Waals surface area contributed by atoms with Gasteiger partial charge in [-0.05, 0) is 68.4 Å². The van der Waals surface area contributed by atoms with E-state index in [4.69, 9.17) is 9.72 Å². The minimum atomic E-state index is -3.67. The second kappa shape index (κ2) is 13.7. The summed E-state index contributed by atoms with van der Waals surface area (Å²) in [6, 6.07) is 11.9. The molecule has 0 saturated heterocycles. The van der Waals surface area contributed by atoms with E-state index in [9.17, 15) is 13.2 Å². The molecule has 0 aliphatic heterocycles. The minimum absolute atomic E-state index is 0. The molecule has 0 radical (unpaired) electrons. The summed E-state index contributed by atoms with van der Waals surface area (Å²) in [6.45, 7) is 10.0. The highest BCUT2D eigenvalue weighted by atomic mass is 35.5. The molecule has 3 aromatic rings. The number of likely N-dealkylation sites (N-methyl/N-ethyl adjacent to an activating group) is 1. The standard InChI is InChI=1S/C27H38N4O4S2.ClH/c1-19(2)17-30(18-20(3)4)37(33,34)23-11-8-21(9-12-23)26(32)31(15-14-29(5)6)27-28-24-13-10-22(35-7)16-25(24)36-27;/h8-13,16,19-20H,14-15,17-18H2,1-7H3;1H. The number of carbonyl (C=O) groups excluding carboxylic acids is 1. The molecule has 0 bridgehead atoms. The largest absolute Gasteiger partial charge is 0.497 e. The number of thiazole rings is 1. The summed E-state index contributed by atoms with van der Waals surface area (Å²) in [5.41, 5.74) is 1.20. The molecule has 0 N–H and O–H groups in total. The van der Waals surface area contributed by atoms with Gasteiger partial charge < -0.3 is 9.64 Å². The Bertz CT molecular complexity index is 1300. The van der Waals surface area contributed by atoms with Gasteiger partial charge in [0.15, 0.2) is 5.13 Å². The number of halogens is 1. The van der Waals surface area contributed by atoms with Crippen LogP contribution in [0.25, 0.3) is 10.2 Å². The summed E-state index contributed by atoms with van der Waals surface area (Å²) in [5.74, 6) is 0.912. The van der Waals surface area contributed by atoms with Gasteiger partial charge in [0.2, 0.25) is 10.0 Å². The number of aromatic nitrogens is 1. The maximum atomic E-state index is 13.6.